The number of Topliss-reactive ketones (excluding diaryl/α,β-unsaturated/α-hetero) is 1. The average molecular weight is 555 g/mol. The molecule has 0 bridgehead atoms. The molecule has 0 saturated heterocycles. The van der Waals surface area contributed by atoms with Crippen LogP contribution in [0.15, 0.2) is 91.0 Å². The van der Waals surface area contributed by atoms with Crippen molar-refractivity contribution < 1.29 is 14.3 Å². The summed E-state index contributed by atoms with van der Waals surface area (Å²) in [5.41, 5.74) is 5.83. The number of halogens is 1. The van der Waals surface area contributed by atoms with Crippen LogP contribution in [0.25, 0.3) is 0 Å². The van der Waals surface area contributed by atoms with Gasteiger partial charge in [-0.2, -0.15) is 0 Å². The number of ketones is 1. The lowest BCUT2D eigenvalue weighted by molar-refractivity contribution is 0.101. The lowest BCUT2D eigenvalue weighted by Gasteiger charge is -2.36. The summed E-state index contributed by atoms with van der Waals surface area (Å²) in [4.78, 5) is 12.6. The van der Waals surface area contributed by atoms with E-state index in [9.17, 15) is 14.3 Å². The molecular formula is C36H40FO2P. The van der Waals surface area contributed by atoms with Crippen molar-refractivity contribution in [3.05, 3.63) is 130 Å². The number of unbranched alkanes of at least 4 members (excludes halogenated alkanes) is 2. The summed E-state index contributed by atoms with van der Waals surface area (Å²) in [5.74, 6) is -0.185. The molecule has 0 aromatic heterocycles. The second-order valence-corrected chi connectivity index (χ2v) is 12.5. The van der Waals surface area contributed by atoms with Crippen molar-refractivity contribution in [3.8, 4) is 5.75 Å². The monoisotopic (exact) mass is 554 g/mol. The second-order valence-electron chi connectivity index (χ2n) is 10.7. The Balaban J connectivity index is 1.88. The molecule has 0 radical (unpaired) electrons. The summed E-state index contributed by atoms with van der Waals surface area (Å²) in [6, 6.07) is 29.6. The standard InChI is InChI=1S/C36H40FO2P/c1-4-6-13-20-36(5-2,40-34-19-18-31(37)25-32(34)26(3)38)33-24-29(21-27-14-9-7-10-15-27)23-30(35(33)39)22-28-16-11-8-12-17-28/h7-12,14-19,23-25,39-40H,4-6,13,20-22H2,1-3H3. The first-order valence-electron chi connectivity index (χ1n) is 14.4. The van der Waals surface area contributed by atoms with Gasteiger partial charge in [-0.3, -0.25) is 4.79 Å². The molecule has 0 aliphatic carbocycles. The first-order valence-corrected chi connectivity index (χ1v) is 15.4. The molecule has 208 valence electrons. The van der Waals surface area contributed by atoms with Gasteiger partial charge < -0.3 is 5.11 Å². The van der Waals surface area contributed by atoms with Gasteiger partial charge in [-0.25, -0.2) is 4.39 Å². The number of phenolic OH excluding ortho intramolecular Hbond substituents is 1. The number of carbonyl (C=O) groups excluding carboxylic acids is 1. The summed E-state index contributed by atoms with van der Waals surface area (Å²) < 4.78 is 14.2. The van der Waals surface area contributed by atoms with E-state index in [0.717, 1.165) is 66.1 Å². The Hall–Kier alpha value is -3.29. The maximum atomic E-state index is 14.2. The van der Waals surface area contributed by atoms with Gasteiger partial charge in [0.05, 0.1) is 0 Å². The molecule has 0 heterocycles. The highest BCUT2D eigenvalue weighted by atomic mass is 31.1. The normalized spacial score (nSPS) is 13.0. The Morgan fingerprint density at radius 3 is 2.08 bits per heavy atom. The molecule has 4 heteroatoms. The molecule has 2 nitrogen and oxygen atoms in total. The van der Waals surface area contributed by atoms with Crippen LogP contribution in [0.3, 0.4) is 0 Å². The van der Waals surface area contributed by atoms with Crippen LogP contribution in [0.4, 0.5) is 4.39 Å². The highest BCUT2D eigenvalue weighted by Gasteiger charge is 2.35. The summed E-state index contributed by atoms with van der Waals surface area (Å²) in [6.45, 7) is 5.87. The number of benzene rings is 4. The van der Waals surface area contributed by atoms with Gasteiger partial charge in [-0.1, -0.05) is 121 Å². The molecule has 2 atom stereocenters. The van der Waals surface area contributed by atoms with Crippen molar-refractivity contribution >= 4 is 19.7 Å². The third-order valence-electron chi connectivity index (χ3n) is 7.80. The number of phenols is 1. The van der Waals surface area contributed by atoms with Crippen LogP contribution >= 0.6 is 8.58 Å². The predicted molar refractivity (Wildman–Crippen MR) is 167 cm³/mol. The van der Waals surface area contributed by atoms with E-state index in [2.05, 4.69) is 62.4 Å². The molecule has 4 rings (SSSR count). The van der Waals surface area contributed by atoms with E-state index in [0.29, 0.717) is 17.7 Å². The quantitative estimate of drug-likeness (QED) is 0.102. The van der Waals surface area contributed by atoms with E-state index in [1.165, 1.54) is 24.6 Å². The largest absolute Gasteiger partial charge is 0.507 e. The zero-order valence-corrected chi connectivity index (χ0v) is 24.8. The van der Waals surface area contributed by atoms with E-state index in [4.69, 9.17) is 0 Å². The Morgan fingerprint density at radius 1 is 0.825 bits per heavy atom. The number of rotatable bonds is 13. The summed E-state index contributed by atoms with van der Waals surface area (Å²) in [7, 11) is 0.220. The van der Waals surface area contributed by atoms with Gasteiger partial charge in [-0.05, 0) is 65.9 Å². The predicted octanol–water partition coefficient (Wildman–Crippen LogP) is 9.11. The molecule has 1 N–H and O–H groups in total. The van der Waals surface area contributed by atoms with Gasteiger partial charge in [0.25, 0.3) is 0 Å². The maximum absolute atomic E-state index is 14.2. The molecule has 0 fully saturated rings. The fourth-order valence-electron chi connectivity index (χ4n) is 5.58. The van der Waals surface area contributed by atoms with Crippen LogP contribution in [0, 0.1) is 5.82 Å². The van der Waals surface area contributed by atoms with Crippen molar-refractivity contribution in [1.82, 2.24) is 0 Å². The minimum absolute atomic E-state index is 0.132. The van der Waals surface area contributed by atoms with Crippen LogP contribution in [0.1, 0.15) is 91.1 Å². The Labute approximate surface area is 240 Å². The van der Waals surface area contributed by atoms with Crippen molar-refractivity contribution in [2.45, 2.75) is 70.9 Å². The molecule has 40 heavy (non-hydrogen) atoms. The van der Waals surface area contributed by atoms with Crippen LogP contribution in [0.2, 0.25) is 0 Å². The first kappa shape index (κ1) is 29.7. The minimum Gasteiger partial charge on any atom is -0.507 e. The van der Waals surface area contributed by atoms with E-state index in [1.54, 1.807) is 6.07 Å². The van der Waals surface area contributed by atoms with E-state index >= 15 is 0 Å². The first-order chi connectivity index (χ1) is 19.3. The highest BCUT2D eigenvalue weighted by molar-refractivity contribution is 7.48. The smallest absolute Gasteiger partial charge is 0.160 e. The molecule has 0 amide bonds. The Morgan fingerprint density at radius 2 is 1.48 bits per heavy atom. The van der Waals surface area contributed by atoms with E-state index in [1.807, 2.05) is 24.3 Å². The highest BCUT2D eigenvalue weighted by Crippen LogP contribution is 2.52. The van der Waals surface area contributed by atoms with Gasteiger partial charge in [0.15, 0.2) is 5.78 Å². The number of carbonyl (C=O) groups is 1. The van der Waals surface area contributed by atoms with Crippen molar-refractivity contribution in [1.29, 1.82) is 0 Å². The molecular weight excluding hydrogens is 514 g/mol. The van der Waals surface area contributed by atoms with Gasteiger partial charge in [0.2, 0.25) is 0 Å². The molecule has 0 saturated carbocycles. The van der Waals surface area contributed by atoms with Crippen LogP contribution in [0.5, 0.6) is 5.75 Å². The second kappa shape index (κ2) is 13.9. The molecule has 0 aliphatic heterocycles. The van der Waals surface area contributed by atoms with Crippen LogP contribution in [-0.2, 0) is 18.0 Å². The average Bonchev–Trinajstić information content (AvgIpc) is 2.96. The summed E-state index contributed by atoms with van der Waals surface area (Å²) in [6.07, 6.45) is 6.30. The molecule has 4 aromatic carbocycles. The fraction of sp³-hybridized carbons (Fsp3) is 0.306. The van der Waals surface area contributed by atoms with E-state index < -0.39 is 5.82 Å². The van der Waals surface area contributed by atoms with Crippen molar-refractivity contribution in [2.24, 2.45) is 0 Å². The van der Waals surface area contributed by atoms with Gasteiger partial charge in [0, 0.05) is 22.7 Å². The third kappa shape index (κ3) is 7.26. The van der Waals surface area contributed by atoms with Gasteiger partial charge in [0.1, 0.15) is 11.6 Å². The topological polar surface area (TPSA) is 37.3 Å². The lowest BCUT2D eigenvalue weighted by Crippen LogP contribution is -2.25. The third-order valence-corrected chi connectivity index (χ3v) is 9.85. The zero-order chi connectivity index (χ0) is 28.5. The van der Waals surface area contributed by atoms with Gasteiger partial charge >= 0.3 is 0 Å². The molecule has 0 aliphatic rings. The van der Waals surface area contributed by atoms with Crippen molar-refractivity contribution in [2.75, 3.05) is 0 Å². The molecule has 2 unspecified atom stereocenters. The van der Waals surface area contributed by atoms with E-state index in [-0.39, 0.29) is 19.5 Å². The van der Waals surface area contributed by atoms with Crippen LogP contribution < -0.4 is 5.30 Å². The number of aromatic hydroxyl groups is 1. The number of hydrogen-bond acceptors (Lipinski definition) is 2. The minimum atomic E-state index is -0.398. The summed E-state index contributed by atoms with van der Waals surface area (Å²) in [5, 5.41) is 12.4. The van der Waals surface area contributed by atoms with Crippen molar-refractivity contribution in [3.63, 3.8) is 0 Å². The maximum Gasteiger partial charge on any atom is 0.160 e. The van der Waals surface area contributed by atoms with Gasteiger partial charge in [-0.15, -0.1) is 0 Å². The molecule has 0 spiro atoms. The lowest BCUT2D eigenvalue weighted by atomic mass is 9.85. The Bertz CT molecular complexity index is 1420. The Kier molecular flexibility index (Phi) is 10.3. The zero-order valence-electron chi connectivity index (χ0n) is 23.8. The number of hydrogen-bond donors (Lipinski definition) is 1. The molecule has 4 aromatic rings. The SMILES string of the molecule is CCCCCC(CC)(Pc1ccc(F)cc1C(C)=O)c1cc(Cc2ccccc2)cc(Cc2ccccc2)c1O. The summed E-state index contributed by atoms with van der Waals surface area (Å²) >= 11 is 0. The fourth-order valence-corrected chi connectivity index (χ4v) is 7.45. The van der Waals surface area contributed by atoms with Crippen LogP contribution in [-0.4, -0.2) is 10.9 Å².